The van der Waals surface area contributed by atoms with Crippen molar-refractivity contribution >= 4 is 0 Å². The molecule has 18 heavy (non-hydrogen) atoms. The minimum absolute atomic E-state index is 0.787. The first-order valence-electron chi connectivity index (χ1n) is 6.96. The number of para-hydroxylation sites is 1. The Morgan fingerprint density at radius 2 is 2.22 bits per heavy atom. The number of benzene rings is 1. The molecule has 2 heterocycles. The van der Waals surface area contributed by atoms with E-state index in [4.69, 9.17) is 4.74 Å². The van der Waals surface area contributed by atoms with Gasteiger partial charge in [-0.2, -0.15) is 0 Å². The van der Waals surface area contributed by atoms with Gasteiger partial charge in [0.1, 0.15) is 12.4 Å². The molecule has 1 N–H and O–H groups in total. The van der Waals surface area contributed by atoms with Gasteiger partial charge in [-0.25, -0.2) is 0 Å². The summed E-state index contributed by atoms with van der Waals surface area (Å²) in [5.41, 5.74) is 1.33. The lowest BCUT2D eigenvalue weighted by molar-refractivity contribution is 0.190. The fourth-order valence-electron chi connectivity index (χ4n) is 2.98. The van der Waals surface area contributed by atoms with E-state index in [0.29, 0.717) is 0 Å². The van der Waals surface area contributed by atoms with Crippen molar-refractivity contribution in [3.63, 3.8) is 0 Å². The molecular weight excluding hydrogens is 224 g/mol. The number of hydrogen-bond acceptors (Lipinski definition) is 3. The zero-order chi connectivity index (χ0) is 12.4. The van der Waals surface area contributed by atoms with Gasteiger partial charge in [0.2, 0.25) is 0 Å². The normalized spacial score (nSPS) is 28.5. The number of nitrogens with one attached hydrogen (secondary N) is 1. The highest BCUT2D eigenvalue weighted by Crippen LogP contribution is 2.24. The largest absolute Gasteiger partial charge is 0.492 e. The summed E-state index contributed by atoms with van der Waals surface area (Å²) < 4.78 is 5.81. The van der Waals surface area contributed by atoms with Gasteiger partial charge in [0.15, 0.2) is 0 Å². The van der Waals surface area contributed by atoms with Crippen LogP contribution < -0.4 is 10.1 Å². The molecular formula is C15H22N2O. The molecule has 0 radical (unpaired) electrons. The second-order valence-corrected chi connectivity index (χ2v) is 5.59. The van der Waals surface area contributed by atoms with E-state index in [9.17, 15) is 0 Å². The topological polar surface area (TPSA) is 24.5 Å². The van der Waals surface area contributed by atoms with Gasteiger partial charge in [0, 0.05) is 25.2 Å². The van der Waals surface area contributed by atoms with Crippen molar-refractivity contribution in [1.29, 1.82) is 0 Å². The SMILES string of the molecule is CC1CNCC1CN1CCOc2ccccc2C1. The highest BCUT2D eigenvalue weighted by molar-refractivity contribution is 5.33. The molecule has 0 aromatic heterocycles. The lowest BCUT2D eigenvalue weighted by atomic mass is 9.97. The van der Waals surface area contributed by atoms with Gasteiger partial charge in [-0.15, -0.1) is 0 Å². The molecule has 1 saturated heterocycles. The van der Waals surface area contributed by atoms with Crippen LogP contribution in [0, 0.1) is 11.8 Å². The fraction of sp³-hybridized carbons (Fsp3) is 0.600. The van der Waals surface area contributed by atoms with E-state index < -0.39 is 0 Å². The molecule has 1 aromatic rings. The van der Waals surface area contributed by atoms with Crippen molar-refractivity contribution in [1.82, 2.24) is 10.2 Å². The summed E-state index contributed by atoms with van der Waals surface area (Å²) in [6, 6.07) is 8.42. The van der Waals surface area contributed by atoms with E-state index >= 15 is 0 Å². The summed E-state index contributed by atoms with van der Waals surface area (Å²) in [7, 11) is 0. The average Bonchev–Trinajstić information content (AvgIpc) is 2.66. The van der Waals surface area contributed by atoms with Gasteiger partial charge >= 0.3 is 0 Å². The van der Waals surface area contributed by atoms with Crippen LogP contribution in [0.3, 0.4) is 0 Å². The fourth-order valence-corrected chi connectivity index (χ4v) is 2.98. The Balaban J connectivity index is 1.67. The van der Waals surface area contributed by atoms with E-state index in [1.807, 2.05) is 0 Å². The molecule has 98 valence electrons. The van der Waals surface area contributed by atoms with Crippen LogP contribution in [0.2, 0.25) is 0 Å². The second-order valence-electron chi connectivity index (χ2n) is 5.59. The highest BCUT2D eigenvalue weighted by atomic mass is 16.5. The summed E-state index contributed by atoms with van der Waals surface area (Å²) in [5, 5.41) is 3.49. The van der Waals surface area contributed by atoms with E-state index in [1.54, 1.807) is 0 Å². The zero-order valence-corrected chi connectivity index (χ0v) is 11.1. The van der Waals surface area contributed by atoms with E-state index in [-0.39, 0.29) is 0 Å². The van der Waals surface area contributed by atoms with Crippen molar-refractivity contribution in [3.05, 3.63) is 29.8 Å². The Labute approximate surface area is 109 Å². The van der Waals surface area contributed by atoms with E-state index in [0.717, 1.165) is 37.3 Å². The number of rotatable bonds is 2. The van der Waals surface area contributed by atoms with Gasteiger partial charge in [0.05, 0.1) is 0 Å². The zero-order valence-electron chi connectivity index (χ0n) is 11.1. The standard InChI is InChI=1S/C15H22N2O/c1-12-8-16-9-14(12)11-17-6-7-18-15-5-3-2-4-13(15)10-17/h2-5,12,14,16H,6-11H2,1H3. The van der Waals surface area contributed by atoms with Crippen molar-refractivity contribution in [2.75, 3.05) is 32.8 Å². The van der Waals surface area contributed by atoms with Crippen molar-refractivity contribution < 1.29 is 4.74 Å². The number of fused-ring (bicyclic) bond motifs is 1. The molecule has 1 fully saturated rings. The molecule has 2 unspecified atom stereocenters. The van der Waals surface area contributed by atoms with Crippen LogP contribution >= 0.6 is 0 Å². The summed E-state index contributed by atoms with van der Waals surface area (Å²) in [4.78, 5) is 2.54. The Morgan fingerprint density at radius 3 is 3.06 bits per heavy atom. The molecule has 0 amide bonds. The first-order valence-corrected chi connectivity index (χ1v) is 6.96. The molecule has 0 bridgehead atoms. The first-order chi connectivity index (χ1) is 8.83. The van der Waals surface area contributed by atoms with E-state index in [2.05, 4.69) is 41.4 Å². The van der Waals surface area contributed by atoms with Gasteiger partial charge in [-0.05, 0) is 31.0 Å². The summed E-state index contributed by atoms with van der Waals surface area (Å²) in [6.45, 7) is 8.76. The van der Waals surface area contributed by atoms with Crippen LogP contribution in [0.15, 0.2) is 24.3 Å². The summed E-state index contributed by atoms with van der Waals surface area (Å²) in [6.07, 6.45) is 0. The Hall–Kier alpha value is -1.06. The average molecular weight is 246 g/mol. The third-order valence-corrected chi connectivity index (χ3v) is 4.20. The van der Waals surface area contributed by atoms with Crippen LogP contribution in [0.4, 0.5) is 0 Å². The lowest BCUT2D eigenvalue weighted by Crippen LogP contribution is -2.33. The van der Waals surface area contributed by atoms with Gasteiger partial charge in [-0.1, -0.05) is 25.1 Å². The molecule has 0 spiro atoms. The molecule has 2 atom stereocenters. The monoisotopic (exact) mass is 246 g/mol. The van der Waals surface area contributed by atoms with Crippen molar-refractivity contribution in [2.24, 2.45) is 11.8 Å². The molecule has 2 aliphatic rings. The quantitative estimate of drug-likeness (QED) is 0.860. The Bertz CT molecular complexity index is 407. The Morgan fingerprint density at radius 1 is 1.33 bits per heavy atom. The summed E-state index contributed by atoms with van der Waals surface area (Å²) >= 11 is 0. The maximum Gasteiger partial charge on any atom is 0.123 e. The van der Waals surface area contributed by atoms with Crippen molar-refractivity contribution in [2.45, 2.75) is 13.5 Å². The first kappa shape index (κ1) is 12.0. The molecule has 2 aliphatic heterocycles. The predicted octanol–water partition coefficient (Wildman–Crippen LogP) is 1.74. The van der Waals surface area contributed by atoms with Crippen molar-refractivity contribution in [3.8, 4) is 5.75 Å². The third-order valence-electron chi connectivity index (χ3n) is 4.20. The highest BCUT2D eigenvalue weighted by Gasteiger charge is 2.26. The summed E-state index contributed by atoms with van der Waals surface area (Å²) in [5.74, 6) is 2.65. The molecule has 3 heteroatoms. The second kappa shape index (κ2) is 5.29. The van der Waals surface area contributed by atoms with Gasteiger partial charge in [0.25, 0.3) is 0 Å². The predicted molar refractivity (Wildman–Crippen MR) is 72.7 cm³/mol. The van der Waals surface area contributed by atoms with Crippen LogP contribution in [0.1, 0.15) is 12.5 Å². The molecule has 0 aliphatic carbocycles. The van der Waals surface area contributed by atoms with E-state index in [1.165, 1.54) is 25.2 Å². The minimum atomic E-state index is 0.787. The smallest absolute Gasteiger partial charge is 0.123 e. The molecule has 0 saturated carbocycles. The Kier molecular flexibility index (Phi) is 3.52. The minimum Gasteiger partial charge on any atom is -0.492 e. The lowest BCUT2D eigenvalue weighted by Gasteiger charge is -2.25. The van der Waals surface area contributed by atoms with Crippen LogP contribution in [0.5, 0.6) is 5.75 Å². The maximum absolute atomic E-state index is 5.81. The van der Waals surface area contributed by atoms with Crippen LogP contribution in [0.25, 0.3) is 0 Å². The number of nitrogens with zero attached hydrogens (tertiary/aromatic N) is 1. The molecule has 3 nitrogen and oxygen atoms in total. The van der Waals surface area contributed by atoms with Crippen LogP contribution in [-0.2, 0) is 6.54 Å². The third kappa shape index (κ3) is 2.52. The number of hydrogen-bond donors (Lipinski definition) is 1. The maximum atomic E-state index is 5.81. The molecule has 3 rings (SSSR count). The molecule has 1 aromatic carbocycles. The van der Waals surface area contributed by atoms with Gasteiger partial charge < -0.3 is 10.1 Å². The van der Waals surface area contributed by atoms with Crippen LogP contribution in [-0.4, -0.2) is 37.7 Å². The van der Waals surface area contributed by atoms with Gasteiger partial charge in [-0.3, -0.25) is 4.90 Å². The number of ether oxygens (including phenoxy) is 1.